The smallest absolute Gasteiger partial charge is 0.310 e. The molecule has 2 heterocycles. The van der Waals surface area contributed by atoms with Crippen LogP contribution in [0.4, 0.5) is 0 Å². The lowest BCUT2D eigenvalue weighted by molar-refractivity contribution is -0.139. The van der Waals surface area contributed by atoms with Gasteiger partial charge < -0.3 is 9.30 Å². The zero-order valence-electron chi connectivity index (χ0n) is 16.6. The summed E-state index contributed by atoms with van der Waals surface area (Å²) in [5, 5.41) is 9.07. The normalized spacial score (nSPS) is 10.5. The van der Waals surface area contributed by atoms with Crippen LogP contribution in [-0.2, 0) is 22.5 Å². The van der Waals surface area contributed by atoms with Crippen molar-refractivity contribution in [1.82, 2.24) is 9.55 Å². The van der Waals surface area contributed by atoms with E-state index in [9.17, 15) is 4.79 Å². The predicted octanol–water partition coefficient (Wildman–Crippen LogP) is 4.11. The summed E-state index contributed by atoms with van der Waals surface area (Å²) in [5.74, 6) is -0.271. The maximum Gasteiger partial charge on any atom is 0.310 e. The first-order chi connectivity index (χ1) is 13.4. The number of nitriles is 1. The number of esters is 1. The lowest BCUT2D eigenvalue weighted by atomic mass is 9.97. The number of hydrogen-bond donors (Lipinski definition) is 0. The first-order valence-corrected chi connectivity index (χ1v) is 9.12. The highest BCUT2D eigenvalue weighted by molar-refractivity contribution is 5.80. The van der Waals surface area contributed by atoms with Gasteiger partial charge in [0.05, 0.1) is 25.2 Å². The molecule has 3 rings (SSSR count). The van der Waals surface area contributed by atoms with E-state index < -0.39 is 0 Å². The minimum atomic E-state index is -0.271. The second-order valence-corrected chi connectivity index (χ2v) is 6.86. The Kier molecular flexibility index (Phi) is 5.60. The van der Waals surface area contributed by atoms with E-state index in [2.05, 4.69) is 28.6 Å². The van der Waals surface area contributed by atoms with Gasteiger partial charge in [0.1, 0.15) is 0 Å². The summed E-state index contributed by atoms with van der Waals surface area (Å²) in [7, 11) is 1.40. The fourth-order valence-electron chi connectivity index (χ4n) is 3.49. The number of rotatable bonds is 5. The monoisotopic (exact) mass is 373 g/mol. The molecule has 0 N–H and O–H groups in total. The molecule has 0 saturated heterocycles. The minimum absolute atomic E-state index is 0.206. The minimum Gasteiger partial charge on any atom is -0.469 e. The molecule has 0 spiro atoms. The molecule has 0 aliphatic rings. The van der Waals surface area contributed by atoms with Gasteiger partial charge in [-0.05, 0) is 55.7 Å². The Balaban J connectivity index is 2.11. The molecule has 0 unspecified atom stereocenters. The Morgan fingerprint density at radius 3 is 2.39 bits per heavy atom. The number of aryl methyl sites for hydroxylation is 1. The van der Waals surface area contributed by atoms with Gasteiger partial charge >= 0.3 is 5.97 Å². The van der Waals surface area contributed by atoms with Gasteiger partial charge in [-0.3, -0.25) is 9.78 Å². The summed E-state index contributed by atoms with van der Waals surface area (Å²) < 4.78 is 7.12. The summed E-state index contributed by atoms with van der Waals surface area (Å²) in [6, 6.07) is 13.7. The van der Waals surface area contributed by atoms with E-state index in [0.717, 1.165) is 39.3 Å². The molecule has 5 nitrogen and oxygen atoms in total. The van der Waals surface area contributed by atoms with Crippen LogP contribution in [0.3, 0.4) is 0 Å². The standard InChI is InChI=1S/C23H23N3O2/c1-15-5-6-19(13-25-15)14-26-16(2)21(11-22(27)28-4)23(17(26)3)20-9-7-18(12-24)8-10-20/h5-10,13H,11,14H2,1-4H3. The van der Waals surface area contributed by atoms with Crippen LogP contribution in [0.1, 0.15) is 33.8 Å². The van der Waals surface area contributed by atoms with Crippen LogP contribution in [0.15, 0.2) is 42.6 Å². The second kappa shape index (κ2) is 8.10. The van der Waals surface area contributed by atoms with Crippen molar-refractivity contribution in [3.8, 4) is 17.2 Å². The Morgan fingerprint density at radius 1 is 1.11 bits per heavy atom. The predicted molar refractivity (Wildman–Crippen MR) is 108 cm³/mol. The van der Waals surface area contributed by atoms with Crippen molar-refractivity contribution in [1.29, 1.82) is 5.26 Å². The number of hydrogen-bond acceptors (Lipinski definition) is 4. The average molecular weight is 373 g/mol. The van der Waals surface area contributed by atoms with E-state index in [0.29, 0.717) is 12.1 Å². The number of pyridine rings is 1. The molecule has 0 amide bonds. The van der Waals surface area contributed by atoms with Crippen LogP contribution >= 0.6 is 0 Å². The molecule has 0 atom stereocenters. The lowest BCUT2D eigenvalue weighted by Gasteiger charge is -2.10. The highest BCUT2D eigenvalue weighted by Crippen LogP contribution is 2.33. The topological polar surface area (TPSA) is 67.9 Å². The molecule has 0 saturated carbocycles. The highest BCUT2D eigenvalue weighted by Gasteiger charge is 2.21. The summed E-state index contributed by atoms with van der Waals surface area (Å²) in [6.45, 7) is 6.73. The van der Waals surface area contributed by atoms with Crippen LogP contribution in [0.5, 0.6) is 0 Å². The summed E-state index contributed by atoms with van der Waals surface area (Å²) in [4.78, 5) is 16.4. The van der Waals surface area contributed by atoms with Gasteiger partial charge in [0.15, 0.2) is 0 Å². The van der Waals surface area contributed by atoms with Crippen molar-refractivity contribution in [2.24, 2.45) is 0 Å². The van der Waals surface area contributed by atoms with Crippen LogP contribution in [0.2, 0.25) is 0 Å². The fraction of sp³-hybridized carbons (Fsp3) is 0.261. The summed E-state index contributed by atoms with van der Waals surface area (Å²) in [5.41, 5.74) is 7.75. The van der Waals surface area contributed by atoms with Crippen LogP contribution in [0.25, 0.3) is 11.1 Å². The Hall–Kier alpha value is -3.39. The number of benzene rings is 1. The van der Waals surface area contributed by atoms with Crippen molar-refractivity contribution >= 4 is 5.97 Å². The third kappa shape index (κ3) is 3.81. The molecule has 0 fully saturated rings. The molecule has 3 aromatic rings. The summed E-state index contributed by atoms with van der Waals surface area (Å²) in [6.07, 6.45) is 2.09. The average Bonchev–Trinajstić information content (AvgIpc) is 2.93. The quantitative estimate of drug-likeness (QED) is 0.631. The zero-order chi connectivity index (χ0) is 20.3. The van der Waals surface area contributed by atoms with Crippen LogP contribution in [0, 0.1) is 32.1 Å². The number of carbonyl (C=O) groups excluding carboxylic acids is 1. The van der Waals surface area contributed by atoms with Crippen LogP contribution < -0.4 is 0 Å². The molecule has 0 radical (unpaired) electrons. The van der Waals surface area contributed by atoms with Crippen molar-refractivity contribution in [3.05, 3.63) is 76.4 Å². The first-order valence-electron chi connectivity index (χ1n) is 9.12. The van der Waals surface area contributed by atoms with E-state index in [1.54, 1.807) is 12.1 Å². The number of nitrogens with zero attached hydrogens (tertiary/aromatic N) is 3. The van der Waals surface area contributed by atoms with E-state index in [-0.39, 0.29) is 12.4 Å². The third-order valence-electron chi connectivity index (χ3n) is 5.07. The first kappa shape index (κ1) is 19.4. The molecular formula is C23H23N3O2. The highest BCUT2D eigenvalue weighted by atomic mass is 16.5. The zero-order valence-corrected chi connectivity index (χ0v) is 16.6. The van der Waals surface area contributed by atoms with Gasteiger partial charge in [0, 0.05) is 35.4 Å². The van der Waals surface area contributed by atoms with Gasteiger partial charge in [-0.1, -0.05) is 18.2 Å². The Bertz CT molecular complexity index is 1040. The Morgan fingerprint density at radius 2 is 1.82 bits per heavy atom. The van der Waals surface area contributed by atoms with Crippen molar-refractivity contribution in [3.63, 3.8) is 0 Å². The molecular weight excluding hydrogens is 350 g/mol. The number of ether oxygens (including phenoxy) is 1. The molecule has 142 valence electrons. The van der Waals surface area contributed by atoms with Crippen molar-refractivity contribution in [2.75, 3.05) is 7.11 Å². The van der Waals surface area contributed by atoms with Gasteiger partial charge in [0.25, 0.3) is 0 Å². The van der Waals surface area contributed by atoms with E-state index in [1.165, 1.54) is 7.11 Å². The maximum absolute atomic E-state index is 12.0. The maximum atomic E-state index is 12.0. The molecule has 0 bridgehead atoms. The molecule has 2 aromatic heterocycles. The molecule has 5 heteroatoms. The second-order valence-electron chi connectivity index (χ2n) is 6.86. The number of carbonyl (C=O) groups is 1. The van der Waals surface area contributed by atoms with Gasteiger partial charge in [-0.15, -0.1) is 0 Å². The number of aromatic nitrogens is 2. The van der Waals surface area contributed by atoms with Gasteiger partial charge in [-0.25, -0.2) is 0 Å². The number of methoxy groups -OCH3 is 1. The van der Waals surface area contributed by atoms with E-state index >= 15 is 0 Å². The molecule has 0 aliphatic carbocycles. The van der Waals surface area contributed by atoms with E-state index in [4.69, 9.17) is 10.00 Å². The SMILES string of the molecule is COC(=O)Cc1c(-c2ccc(C#N)cc2)c(C)n(Cc2ccc(C)nc2)c1C. The lowest BCUT2D eigenvalue weighted by Crippen LogP contribution is -2.08. The summed E-state index contributed by atoms with van der Waals surface area (Å²) >= 11 is 0. The molecule has 28 heavy (non-hydrogen) atoms. The van der Waals surface area contributed by atoms with Crippen molar-refractivity contribution < 1.29 is 9.53 Å². The van der Waals surface area contributed by atoms with Crippen molar-refractivity contribution in [2.45, 2.75) is 33.7 Å². The third-order valence-corrected chi connectivity index (χ3v) is 5.07. The van der Waals surface area contributed by atoms with E-state index in [1.807, 2.05) is 38.2 Å². The fourth-order valence-corrected chi connectivity index (χ4v) is 3.49. The molecule has 1 aromatic carbocycles. The largest absolute Gasteiger partial charge is 0.469 e. The molecule has 0 aliphatic heterocycles. The Labute approximate surface area is 165 Å². The van der Waals surface area contributed by atoms with Gasteiger partial charge in [-0.2, -0.15) is 5.26 Å². The van der Waals surface area contributed by atoms with Gasteiger partial charge in [0.2, 0.25) is 0 Å². The van der Waals surface area contributed by atoms with Crippen LogP contribution in [-0.4, -0.2) is 22.6 Å².